The van der Waals surface area contributed by atoms with Gasteiger partial charge < -0.3 is 14.8 Å². The van der Waals surface area contributed by atoms with Crippen LogP contribution < -0.4 is 10.1 Å². The zero-order valence-electron chi connectivity index (χ0n) is 9.19. The van der Waals surface area contributed by atoms with E-state index in [1.54, 1.807) is 7.11 Å². The van der Waals surface area contributed by atoms with Gasteiger partial charge in [0.25, 0.3) is 0 Å². The van der Waals surface area contributed by atoms with Crippen molar-refractivity contribution in [3.63, 3.8) is 0 Å². The number of rotatable bonds is 2. The van der Waals surface area contributed by atoms with E-state index in [1.165, 1.54) is 5.56 Å². The van der Waals surface area contributed by atoms with Crippen LogP contribution in [-0.2, 0) is 4.74 Å². The SMILES string of the molecule is COc1cccc(C2CNC(C)CO2)c1. The van der Waals surface area contributed by atoms with Gasteiger partial charge in [0.05, 0.1) is 19.8 Å². The predicted molar refractivity (Wildman–Crippen MR) is 59.2 cm³/mol. The van der Waals surface area contributed by atoms with Gasteiger partial charge in [0.15, 0.2) is 0 Å². The number of ether oxygens (including phenoxy) is 2. The highest BCUT2D eigenvalue weighted by Gasteiger charge is 2.19. The Bertz CT molecular complexity index is 319. The molecular weight excluding hydrogens is 190 g/mol. The fourth-order valence-corrected chi connectivity index (χ4v) is 1.74. The average Bonchev–Trinajstić information content (AvgIpc) is 2.30. The lowest BCUT2D eigenvalue weighted by Gasteiger charge is -2.28. The third-order valence-electron chi connectivity index (χ3n) is 2.66. The van der Waals surface area contributed by atoms with Crippen LogP contribution in [0.2, 0.25) is 0 Å². The second-order valence-corrected chi connectivity index (χ2v) is 3.91. The molecule has 1 aliphatic rings. The Morgan fingerprint density at radius 3 is 3.00 bits per heavy atom. The van der Waals surface area contributed by atoms with Crippen molar-refractivity contribution in [1.29, 1.82) is 0 Å². The van der Waals surface area contributed by atoms with Gasteiger partial charge >= 0.3 is 0 Å². The molecule has 2 atom stereocenters. The monoisotopic (exact) mass is 207 g/mol. The molecule has 0 amide bonds. The van der Waals surface area contributed by atoms with Gasteiger partial charge in [0.2, 0.25) is 0 Å². The molecule has 15 heavy (non-hydrogen) atoms. The molecule has 2 unspecified atom stereocenters. The van der Waals surface area contributed by atoms with Crippen LogP contribution in [0.15, 0.2) is 24.3 Å². The Balaban J connectivity index is 2.08. The first-order valence-corrected chi connectivity index (χ1v) is 5.28. The predicted octanol–water partition coefficient (Wildman–Crippen LogP) is 1.74. The molecule has 1 N–H and O–H groups in total. The molecule has 1 aromatic carbocycles. The van der Waals surface area contributed by atoms with Gasteiger partial charge in [-0.15, -0.1) is 0 Å². The molecule has 0 aliphatic carbocycles. The molecule has 0 saturated carbocycles. The van der Waals surface area contributed by atoms with Crippen molar-refractivity contribution in [3.05, 3.63) is 29.8 Å². The Hall–Kier alpha value is -1.06. The minimum atomic E-state index is 0.149. The third-order valence-corrected chi connectivity index (χ3v) is 2.66. The van der Waals surface area contributed by atoms with Gasteiger partial charge in [-0.25, -0.2) is 0 Å². The fourth-order valence-electron chi connectivity index (χ4n) is 1.74. The first-order valence-electron chi connectivity index (χ1n) is 5.28. The van der Waals surface area contributed by atoms with E-state index in [0.717, 1.165) is 18.9 Å². The van der Waals surface area contributed by atoms with E-state index in [2.05, 4.69) is 18.3 Å². The second-order valence-electron chi connectivity index (χ2n) is 3.91. The molecule has 2 rings (SSSR count). The van der Waals surface area contributed by atoms with E-state index in [-0.39, 0.29) is 6.10 Å². The first-order chi connectivity index (χ1) is 7.29. The maximum Gasteiger partial charge on any atom is 0.119 e. The Morgan fingerprint density at radius 1 is 1.47 bits per heavy atom. The van der Waals surface area contributed by atoms with Crippen molar-refractivity contribution >= 4 is 0 Å². The molecular formula is C12H17NO2. The maximum absolute atomic E-state index is 5.76. The van der Waals surface area contributed by atoms with Gasteiger partial charge in [-0.2, -0.15) is 0 Å². The minimum Gasteiger partial charge on any atom is -0.497 e. The first kappa shape index (κ1) is 10.5. The van der Waals surface area contributed by atoms with E-state index in [4.69, 9.17) is 9.47 Å². The van der Waals surface area contributed by atoms with Gasteiger partial charge in [0, 0.05) is 12.6 Å². The third kappa shape index (κ3) is 2.49. The molecule has 0 bridgehead atoms. The molecule has 1 fully saturated rings. The zero-order valence-corrected chi connectivity index (χ0v) is 9.19. The summed E-state index contributed by atoms with van der Waals surface area (Å²) in [6.07, 6.45) is 0.149. The van der Waals surface area contributed by atoms with Crippen LogP contribution in [0.3, 0.4) is 0 Å². The van der Waals surface area contributed by atoms with Crippen LogP contribution in [0.25, 0.3) is 0 Å². The van der Waals surface area contributed by atoms with Gasteiger partial charge in [-0.3, -0.25) is 0 Å². The smallest absolute Gasteiger partial charge is 0.119 e. The Kier molecular flexibility index (Phi) is 3.23. The quantitative estimate of drug-likeness (QED) is 0.801. The largest absolute Gasteiger partial charge is 0.497 e. The Labute approximate surface area is 90.4 Å². The summed E-state index contributed by atoms with van der Waals surface area (Å²) in [5, 5.41) is 3.40. The van der Waals surface area contributed by atoms with Crippen LogP contribution in [0.1, 0.15) is 18.6 Å². The van der Waals surface area contributed by atoms with Gasteiger partial charge in [0.1, 0.15) is 5.75 Å². The van der Waals surface area contributed by atoms with Crippen molar-refractivity contribution in [1.82, 2.24) is 5.32 Å². The summed E-state index contributed by atoms with van der Waals surface area (Å²) in [5.74, 6) is 0.884. The van der Waals surface area contributed by atoms with Crippen molar-refractivity contribution in [2.75, 3.05) is 20.3 Å². The summed E-state index contributed by atoms with van der Waals surface area (Å²) < 4.78 is 10.9. The molecule has 1 aliphatic heterocycles. The van der Waals surface area contributed by atoms with Gasteiger partial charge in [-0.1, -0.05) is 12.1 Å². The van der Waals surface area contributed by atoms with E-state index in [9.17, 15) is 0 Å². The number of benzene rings is 1. The number of morpholine rings is 1. The average molecular weight is 207 g/mol. The number of nitrogens with one attached hydrogen (secondary N) is 1. The molecule has 82 valence electrons. The molecule has 0 aromatic heterocycles. The summed E-state index contributed by atoms with van der Waals surface area (Å²) in [5.41, 5.74) is 1.17. The molecule has 3 heteroatoms. The van der Waals surface area contributed by atoms with Crippen LogP contribution in [-0.4, -0.2) is 26.3 Å². The van der Waals surface area contributed by atoms with Crippen LogP contribution >= 0.6 is 0 Å². The van der Waals surface area contributed by atoms with Crippen molar-refractivity contribution in [2.45, 2.75) is 19.1 Å². The van der Waals surface area contributed by atoms with E-state index < -0.39 is 0 Å². The number of methoxy groups -OCH3 is 1. The summed E-state index contributed by atoms with van der Waals surface area (Å²) in [6, 6.07) is 8.50. The van der Waals surface area contributed by atoms with Crippen molar-refractivity contribution in [3.8, 4) is 5.75 Å². The molecule has 1 aromatic rings. The van der Waals surface area contributed by atoms with E-state index in [1.807, 2.05) is 18.2 Å². The second kappa shape index (κ2) is 4.64. The number of hydrogen-bond donors (Lipinski definition) is 1. The van der Waals surface area contributed by atoms with Crippen LogP contribution in [0, 0.1) is 0 Å². The topological polar surface area (TPSA) is 30.5 Å². The minimum absolute atomic E-state index is 0.149. The number of hydrogen-bond acceptors (Lipinski definition) is 3. The van der Waals surface area contributed by atoms with Crippen LogP contribution in [0.5, 0.6) is 5.75 Å². The van der Waals surface area contributed by atoms with E-state index >= 15 is 0 Å². The van der Waals surface area contributed by atoms with Gasteiger partial charge in [-0.05, 0) is 24.6 Å². The summed E-state index contributed by atoms with van der Waals surface area (Å²) >= 11 is 0. The summed E-state index contributed by atoms with van der Waals surface area (Å²) in [7, 11) is 1.68. The lowest BCUT2D eigenvalue weighted by atomic mass is 10.1. The summed E-state index contributed by atoms with van der Waals surface area (Å²) in [4.78, 5) is 0. The highest BCUT2D eigenvalue weighted by Crippen LogP contribution is 2.23. The summed E-state index contributed by atoms with van der Waals surface area (Å²) in [6.45, 7) is 3.76. The molecule has 3 nitrogen and oxygen atoms in total. The lowest BCUT2D eigenvalue weighted by molar-refractivity contribution is 0.00686. The standard InChI is InChI=1S/C12H17NO2/c1-9-8-15-12(7-13-9)10-4-3-5-11(6-10)14-2/h3-6,9,12-13H,7-8H2,1-2H3. The highest BCUT2D eigenvalue weighted by atomic mass is 16.5. The van der Waals surface area contributed by atoms with Crippen LogP contribution in [0.4, 0.5) is 0 Å². The molecule has 1 heterocycles. The highest BCUT2D eigenvalue weighted by molar-refractivity contribution is 5.30. The molecule has 1 saturated heterocycles. The lowest BCUT2D eigenvalue weighted by Crippen LogP contribution is -2.40. The zero-order chi connectivity index (χ0) is 10.7. The fraction of sp³-hybridized carbons (Fsp3) is 0.500. The molecule has 0 radical (unpaired) electrons. The normalized spacial score (nSPS) is 26.3. The van der Waals surface area contributed by atoms with Crippen molar-refractivity contribution < 1.29 is 9.47 Å². The Morgan fingerprint density at radius 2 is 2.33 bits per heavy atom. The maximum atomic E-state index is 5.76. The molecule has 0 spiro atoms. The van der Waals surface area contributed by atoms with Crippen molar-refractivity contribution in [2.24, 2.45) is 0 Å². The van der Waals surface area contributed by atoms with E-state index in [0.29, 0.717) is 6.04 Å².